The van der Waals surface area contributed by atoms with Crippen LogP contribution in [0, 0.1) is 5.92 Å². The quantitative estimate of drug-likeness (QED) is 0.571. The van der Waals surface area contributed by atoms with Crippen molar-refractivity contribution in [2.45, 2.75) is 19.3 Å². The van der Waals surface area contributed by atoms with E-state index in [1.165, 1.54) is 5.56 Å². The SMILES string of the molecule is CCOC(=O)/C=C\[C@@H]1C[C@@H]1c1ccccc1. The van der Waals surface area contributed by atoms with Gasteiger partial charge in [0.15, 0.2) is 0 Å². The lowest BCUT2D eigenvalue weighted by Crippen LogP contribution is -1.98. The minimum absolute atomic E-state index is 0.235. The van der Waals surface area contributed by atoms with Crippen molar-refractivity contribution in [3.05, 3.63) is 48.0 Å². The number of ether oxygens (including phenoxy) is 1. The molecule has 1 aliphatic carbocycles. The lowest BCUT2D eigenvalue weighted by atomic mass is 10.1. The molecule has 84 valence electrons. The third-order valence-corrected chi connectivity index (χ3v) is 2.83. The molecule has 1 aliphatic rings. The fourth-order valence-corrected chi connectivity index (χ4v) is 1.90. The van der Waals surface area contributed by atoms with E-state index >= 15 is 0 Å². The molecule has 0 N–H and O–H groups in total. The number of hydrogen-bond donors (Lipinski definition) is 0. The summed E-state index contributed by atoms with van der Waals surface area (Å²) in [4.78, 5) is 11.1. The average Bonchev–Trinajstić information content (AvgIpc) is 3.07. The van der Waals surface area contributed by atoms with E-state index in [2.05, 4.69) is 24.3 Å². The van der Waals surface area contributed by atoms with Crippen molar-refractivity contribution < 1.29 is 9.53 Å². The summed E-state index contributed by atoms with van der Waals surface area (Å²) in [5, 5.41) is 0. The number of allylic oxidation sites excluding steroid dienone is 1. The second-order valence-corrected chi connectivity index (χ2v) is 4.03. The van der Waals surface area contributed by atoms with Gasteiger partial charge in [-0.1, -0.05) is 36.4 Å². The van der Waals surface area contributed by atoms with Crippen molar-refractivity contribution in [2.24, 2.45) is 5.92 Å². The Hall–Kier alpha value is -1.57. The highest BCUT2D eigenvalue weighted by molar-refractivity contribution is 5.82. The fourth-order valence-electron chi connectivity index (χ4n) is 1.90. The summed E-state index contributed by atoms with van der Waals surface area (Å²) in [6.07, 6.45) is 4.66. The van der Waals surface area contributed by atoms with Crippen LogP contribution in [0.2, 0.25) is 0 Å². The first-order chi connectivity index (χ1) is 7.81. The summed E-state index contributed by atoms with van der Waals surface area (Å²) in [6.45, 7) is 2.26. The molecule has 0 heterocycles. The first-order valence-corrected chi connectivity index (χ1v) is 5.71. The molecule has 0 aliphatic heterocycles. The normalized spacial score (nSPS) is 23.3. The molecule has 1 aromatic carbocycles. The molecule has 0 spiro atoms. The molecule has 0 radical (unpaired) electrons. The molecular weight excluding hydrogens is 200 g/mol. The van der Waals surface area contributed by atoms with Gasteiger partial charge in [-0.2, -0.15) is 0 Å². The first-order valence-electron chi connectivity index (χ1n) is 5.71. The van der Waals surface area contributed by atoms with Gasteiger partial charge in [0, 0.05) is 6.08 Å². The van der Waals surface area contributed by atoms with Gasteiger partial charge in [0.05, 0.1) is 6.61 Å². The van der Waals surface area contributed by atoms with Crippen molar-refractivity contribution in [3.63, 3.8) is 0 Å². The molecule has 1 aromatic rings. The summed E-state index contributed by atoms with van der Waals surface area (Å²) >= 11 is 0. The molecule has 0 saturated heterocycles. The smallest absolute Gasteiger partial charge is 0.330 e. The zero-order chi connectivity index (χ0) is 11.4. The van der Waals surface area contributed by atoms with Crippen molar-refractivity contribution >= 4 is 5.97 Å². The maximum atomic E-state index is 11.1. The summed E-state index contributed by atoms with van der Waals surface area (Å²) in [5.74, 6) is 0.861. The topological polar surface area (TPSA) is 26.3 Å². The maximum absolute atomic E-state index is 11.1. The van der Waals surface area contributed by atoms with E-state index in [9.17, 15) is 4.79 Å². The van der Waals surface area contributed by atoms with Crippen molar-refractivity contribution in [3.8, 4) is 0 Å². The minimum Gasteiger partial charge on any atom is -0.463 e. The Morgan fingerprint density at radius 1 is 1.44 bits per heavy atom. The molecule has 0 amide bonds. The predicted octanol–water partition coefficient (Wildman–Crippen LogP) is 2.91. The average molecular weight is 216 g/mol. The van der Waals surface area contributed by atoms with Crippen molar-refractivity contribution in [1.29, 1.82) is 0 Å². The number of hydrogen-bond acceptors (Lipinski definition) is 2. The summed E-state index contributed by atoms with van der Waals surface area (Å²) in [6, 6.07) is 10.4. The van der Waals surface area contributed by atoms with E-state index in [-0.39, 0.29) is 5.97 Å². The van der Waals surface area contributed by atoms with Crippen LogP contribution in [0.25, 0.3) is 0 Å². The number of benzene rings is 1. The Morgan fingerprint density at radius 2 is 2.19 bits per heavy atom. The van der Waals surface area contributed by atoms with Gasteiger partial charge in [0.2, 0.25) is 0 Å². The largest absolute Gasteiger partial charge is 0.463 e. The molecule has 2 heteroatoms. The van der Waals surface area contributed by atoms with Crippen molar-refractivity contribution in [2.75, 3.05) is 6.61 Å². The monoisotopic (exact) mass is 216 g/mol. The second kappa shape index (κ2) is 4.97. The van der Waals surface area contributed by atoms with Crippen molar-refractivity contribution in [1.82, 2.24) is 0 Å². The highest BCUT2D eigenvalue weighted by Crippen LogP contribution is 2.48. The fraction of sp³-hybridized carbons (Fsp3) is 0.357. The van der Waals surface area contributed by atoms with Gasteiger partial charge in [-0.3, -0.25) is 0 Å². The first kappa shape index (κ1) is 10.9. The lowest BCUT2D eigenvalue weighted by molar-refractivity contribution is -0.137. The Kier molecular flexibility index (Phi) is 3.40. The summed E-state index contributed by atoms with van der Waals surface area (Å²) in [5.41, 5.74) is 1.36. The highest BCUT2D eigenvalue weighted by atomic mass is 16.5. The molecule has 0 unspecified atom stereocenters. The molecule has 2 nitrogen and oxygen atoms in total. The van der Waals surface area contributed by atoms with Crippen LogP contribution in [0.1, 0.15) is 24.8 Å². The zero-order valence-electron chi connectivity index (χ0n) is 9.43. The second-order valence-electron chi connectivity index (χ2n) is 4.03. The number of rotatable bonds is 4. The molecule has 16 heavy (non-hydrogen) atoms. The predicted molar refractivity (Wildman–Crippen MR) is 63.1 cm³/mol. The molecule has 0 bridgehead atoms. The van der Waals surface area contributed by atoms with Gasteiger partial charge in [-0.05, 0) is 30.7 Å². The zero-order valence-corrected chi connectivity index (χ0v) is 9.43. The highest BCUT2D eigenvalue weighted by Gasteiger charge is 2.35. The molecule has 2 rings (SSSR count). The third-order valence-electron chi connectivity index (χ3n) is 2.83. The van der Waals surface area contributed by atoms with Crippen LogP contribution in [0.3, 0.4) is 0 Å². The lowest BCUT2D eigenvalue weighted by Gasteiger charge is -1.96. The molecular formula is C14H16O2. The van der Waals surface area contributed by atoms with Gasteiger partial charge in [0.25, 0.3) is 0 Å². The van der Waals surface area contributed by atoms with Crippen LogP contribution >= 0.6 is 0 Å². The minimum atomic E-state index is -0.235. The van der Waals surface area contributed by atoms with E-state index in [1.807, 2.05) is 19.1 Å². The number of carbonyl (C=O) groups excluding carboxylic acids is 1. The molecule has 2 atom stereocenters. The van der Waals surface area contributed by atoms with Crippen LogP contribution in [-0.2, 0) is 9.53 Å². The van der Waals surface area contributed by atoms with E-state index in [4.69, 9.17) is 4.74 Å². The Bertz CT molecular complexity index is 381. The van der Waals surface area contributed by atoms with Crippen LogP contribution < -0.4 is 0 Å². The number of carbonyl (C=O) groups is 1. The van der Waals surface area contributed by atoms with E-state index < -0.39 is 0 Å². The molecule has 1 saturated carbocycles. The van der Waals surface area contributed by atoms with Gasteiger partial charge in [-0.25, -0.2) is 4.79 Å². The summed E-state index contributed by atoms with van der Waals surface area (Å²) in [7, 11) is 0. The van der Waals surface area contributed by atoms with E-state index in [0.717, 1.165) is 6.42 Å². The van der Waals surface area contributed by atoms with Gasteiger partial charge >= 0.3 is 5.97 Å². The van der Waals surface area contributed by atoms with Crippen LogP contribution in [-0.4, -0.2) is 12.6 Å². The van der Waals surface area contributed by atoms with Gasteiger partial charge in [-0.15, -0.1) is 0 Å². The van der Waals surface area contributed by atoms with E-state index in [0.29, 0.717) is 18.4 Å². The Balaban J connectivity index is 1.86. The third kappa shape index (κ3) is 2.72. The Morgan fingerprint density at radius 3 is 2.88 bits per heavy atom. The summed E-state index contributed by atoms with van der Waals surface area (Å²) < 4.78 is 4.84. The Labute approximate surface area is 95.9 Å². The van der Waals surface area contributed by atoms with E-state index in [1.54, 1.807) is 6.08 Å². The standard InChI is InChI=1S/C14H16O2/c1-2-16-14(15)9-8-12-10-13(12)11-6-4-3-5-7-11/h3-9,12-13H,2,10H2,1H3/b9-8-/t12-,13-/m1/s1. The van der Waals surface area contributed by atoms with Gasteiger partial charge < -0.3 is 4.74 Å². The van der Waals surface area contributed by atoms with Gasteiger partial charge in [0.1, 0.15) is 0 Å². The molecule has 0 aromatic heterocycles. The number of esters is 1. The maximum Gasteiger partial charge on any atom is 0.330 e. The van der Waals surface area contributed by atoms with Crippen LogP contribution in [0.15, 0.2) is 42.5 Å². The molecule has 1 fully saturated rings. The van der Waals surface area contributed by atoms with Crippen LogP contribution in [0.5, 0.6) is 0 Å². The van der Waals surface area contributed by atoms with Crippen LogP contribution in [0.4, 0.5) is 0 Å².